The molecule has 2 aromatic carbocycles. The molecule has 1 aliphatic heterocycles. The van der Waals surface area contributed by atoms with Crippen LogP contribution >= 0.6 is 31.9 Å². The highest BCUT2D eigenvalue weighted by molar-refractivity contribution is 9.10. The Bertz CT molecular complexity index is 1110. The summed E-state index contributed by atoms with van der Waals surface area (Å²) in [5.74, 6) is 0.537. The molecule has 0 aliphatic carbocycles. The molecule has 1 aliphatic rings. The summed E-state index contributed by atoms with van der Waals surface area (Å²) in [4.78, 5) is 0.112. The van der Waals surface area contributed by atoms with Gasteiger partial charge in [0.25, 0.3) is 0 Å². The highest BCUT2D eigenvalue weighted by Gasteiger charge is 2.34. The lowest BCUT2D eigenvalue weighted by Gasteiger charge is -2.23. The van der Waals surface area contributed by atoms with E-state index in [1.165, 1.54) is 20.7 Å². The van der Waals surface area contributed by atoms with E-state index < -0.39 is 20.0 Å². The van der Waals surface area contributed by atoms with Crippen molar-refractivity contribution < 1.29 is 26.3 Å². The molecule has 0 aromatic heterocycles. The van der Waals surface area contributed by atoms with E-state index in [0.717, 1.165) is 0 Å². The lowest BCUT2D eigenvalue weighted by atomic mass is 10.3. The average Bonchev–Trinajstić information content (AvgIpc) is 3.04. The normalized spacial score (nSPS) is 16.4. The van der Waals surface area contributed by atoms with Crippen molar-refractivity contribution >= 4 is 51.9 Å². The topological polar surface area (TPSA) is 93.2 Å². The Labute approximate surface area is 212 Å². The molecule has 0 bridgehead atoms. The Morgan fingerprint density at radius 2 is 1.12 bits per heavy atom. The van der Waals surface area contributed by atoms with Crippen molar-refractivity contribution in [2.75, 3.05) is 39.4 Å². The lowest BCUT2D eigenvalue weighted by molar-refractivity contribution is 0.327. The molecule has 3 rings (SSSR count). The number of halogens is 2. The van der Waals surface area contributed by atoms with Crippen molar-refractivity contribution in [1.82, 2.24) is 8.61 Å². The largest absolute Gasteiger partial charge is 0.492 e. The molecular formula is C21H26Br2N2O6S2. The second kappa shape index (κ2) is 11.0. The molecule has 0 radical (unpaired) electrons. The van der Waals surface area contributed by atoms with Gasteiger partial charge in [-0.05, 0) is 56.7 Å². The lowest BCUT2D eigenvalue weighted by Crippen LogP contribution is -2.37. The maximum Gasteiger partial charge on any atom is 0.246 e. The summed E-state index contributed by atoms with van der Waals surface area (Å²) >= 11 is 6.65. The van der Waals surface area contributed by atoms with E-state index in [9.17, 15) is 16.8 Å². The first-order valence-electron chi connectivity index (χ1n) is 10.5. The summed E-state index contributed by atoms with van der Waals surface area (Å²) < 4.78 is 68.6. The minimum atomic E-state index is -3.89. The summed E-state index contributed by atoms with van der Waals surface area (Å²) in [6, 6.07) is 9.67. The maximum atomic E-state index is 13.4. The first-order chi connectivity index (χ1) is 15.6. The predicted octanol–water partition coefficient (Wildman–Crippen LogP) is 4.09. The highest BCUT2D eigenvalue weighted by Crippen LogP contribution is 2.33. The van der Waals surface area contributed by atoms with Crippen LogP contribution in [0, 0.1) is 0 Å². The van der Waals surface area contributed by atoms with Gasteiger partial charge in [-0.3, -0.25) is 0 Å². The van der Waals surface area contributed by atoms with Gasteiger partial charge in [0.15, 0.2) is 0 Å². The molecule has 2 aromatic rings. The van der Waals surface area contributed by atoms with Gasteiger partial charge in [-0.1, -0.05) is 31.9 Å². The Morgan fingerprint density at radius 3 is 1.48 bits per heavy atom. The zero-order valence-corrected chi connectivity index (χ0v) is 23.1. The van der Waals surface area contributed by atoms with Crippen LogP contribution in [0.15, 0.2) is 55.1 Å². The molecule has 1 heterocycles. The van der Waals surface area contributed by atoms with E-state index in [0.29, 0.717) is 28.6 Å². The van der Waals surface area contributed by atoms with Crippen LogP contribution in [0.4, 0.5) is 0 Å². The van der Waals surface area contributed by atoms with Crippen molar-refractivity contribution in [1.29, 1.82) is 0 Å². The average molecular weight is 626 g/mol. The monoisotopic (exact) mass is 624 g/mol. The summed E-state index contributed by atoms with van der Waals surface area (Å²) in [6.07, 6.45) is 0.356. The van der Waals surface area contributed by atoms with E-state index >= 15 is 0 Å². The fraction of sp³-hybridized carbons (Fsp3) is 0.429. The second-order valence-electron chi connectivity index (χ2n) is 7.21. The van der Waals surface area contributed by atoms with Crippen molar-refractivity contribution in [3.8, 4) is 11.5 Å². The molecule has 0 unspecified atom stereocenters. The molecule has 1 fully saturated rings. The van der Waals surface area contributed by atoms with Gasteiger partial charge < -0.3 is 9.47 Å². The summed E-state index contributed by atoms with van der Waals surface area (Å²) in [7, 11) is -7.79. The third-order valence-corrected chi connectivity index (χ3v) is 9.89. The Kier molecular flexibility index (Phi) is 8.84. The van der Waals surface area contributed by atoms with Gasteiger partial charge in [-0.25, -0.2) is 16.8 Å². The van der Waals surface area contributed by atoms with Gasteiger partial charge in [0.05, 0.1) is 13.2 Å². The molecule has 12 heteroatoms. The zero-order chi connectivity index (χ0) is 24.2. The molecule has 33 heavy (non-hydrogen) atoms. The molecule has 0 atom stereocenters. The fourth-order valence-electron chi connectivity index (χ4n) is 3.55. The van der Waals surface area contributed by atoms with Crippen LogP contribution in [0.3, 0.4) is 0 Å². The van der Waals surface area contributed by atoms with Gasteiger partial charge >= 0.3 is 0 Å². The molecule has 1 saturated heterocycles. The number of hydrogen-bond acceptors (Lipinski definition) is 6. The predicted molar refractivity (Wildman–Crippen MR) is 133 cm³/mol. The Hall–Kier alpha value is -1.18. The maximum absolute atomic E-state index is 13.4. The van der Waals surface area contributed by atoms with Crippen LogP contribution in [0.5, 0.6) is 11.5 Å². The molecule has 182 valence electrons. The van der Waals surface area contributed by atoms with Crippen LogP contribution in [-0.4, -0.2) is 64.8 Å². The molecule has 0 spiro atoms. The molecule has 0 saturated carbocycles. The first kappa shape index (κ1) is 26.4. The SMILES string of the molecule is CCOc1ccc(Br)cc1S(=O)(=O)N1CCCN(S(=O)(=O)c2cc(Br)ccc2OCC)CC1. The van der Waals surface area contributed by atoms with Crippen LogP contribution in [0.25, 0.3) is 0 Å². The number of sulfonamides is 2. The van der Waals surface area contributed by atoms with E-state index in [1.54, 1.807) is 38.1 Å². The third kappa shape index (κ3) is 5.91. The molecule has 0 N–H and O–H groups in total. The number of nitrogens with zero attached hydrogens (tertiary/aromatic N) is 2. The van der Waals surface area contributed by atoms with Gasteiger partial charge in [0.1, 0.15) is 21.3 Å². The van der Waals surface area contributed by atoms with E-state index in [2.05, 4.69) is 31.9 Å². The molecular weight excluding hydrogens is 600 g/mol. The van der Waals surface area contributed by atoms with Crippen LogP contribution in [0.2, 0.25) is 0 Å². The summed E-state index contributed by atoms with van der Waals surface area (Å²) in [6.45, 7) is 4.66. The summed E-state index contributed by atoms with van der Waals surface area (Å²) in [5.41, 5.74) is 0. The minimum Gasteiger partial charge on any atom is -0.492 e. The van der Waals surface area contributed by atoms with Gasteiger partial charge in [0.2, 0.25) is 20.0 Å². The van der Waals surface area contributed by atoms with Crippen molar-refractivity contribution in [2.45, 2.75) is 30.1 Å². The number of ether oxygens (including phenoxy) is 2. The Balaban J connectivity index is 1.88. The van der Waals surface area contributed by atoms with Crippen LogP contribution < -0.4 is 9.47 Å². The van der Waals surface area contributed by atoms with Gasteiger partial charge in [0, 0.05) is 35.1 Å². The quantitative estimate of drug-likeness (QED) is 0.439. The number of rotatable bonds is 8. The van der Waals surface area contributed by atoms with E-state index in [-0.39, 0.29) is 47.5 Å². The summed E-state index contributed by atoms with van der Waals surface area (Å²) in [5, 5.41) is 0. The van der Waals surface area contributed by atoms with Crippen molar-refractivity contribution in [2.24, 2.45) is 0 Å². The van der Waals surface area contributed by atoms with Crippen molar-refractivity contribution in [3.05, 3.63) is 45.3 Å². The standard InChI is InChI=1S/C21H26Br2N2O6S2/c1-3-30-18-8-6-16(22)14-20(18)32(26,27)24-10-5-11-25(13-12-24)33(28,29)21-15-17(23)7-9-19(21)31-4-2/h6-9,14-15H,3-5,10-13H2,1-2H3. The smallest absolute Gasteiger partial charge is 0.246 e. The van der Waals surface area contributed by atoms with E-state index in [4.69, 9.17) is 9.47 Å². The number of benzene rings is 2. The van der Waals surface area contributed by atoms with Crippen LogP contribution in [-0.2, 0) is 20.0 Å². The van der Waals surface area contributed by atoms with Crippen LogP contribution in [0.1, 0.15) is 20.3 Å². The van der Waals surface area contributed by atoms with Gasteiger partial charge in [-0.2, -0.15) is 8.61 Å². The molecule has 8 nitrogen and oxygen atoms in total. The number of hydrogen-bond donors (Lipinski definition) is 0. The fourth-order valence-corrected chi connectivity index (χ4v) is 7.82. The van der Waals surface area contributed by atoms with E-state index in [1.807, 2.05) is 0 Å². The highest BCUT2D eigenvalue weighted by atomic mass is 79.9. The second-order valence-corrected chi connectivity index (χ2v) is 12.9. The third-order valence-electron chi connectivity index (χ3n) is 5.06. The Morgan fingerprint density at radius 1 is 0.727 bits per heavy atom. The first-order valence-corrected chi connectivity index (χ1v) is 14.9. The molecule has 0 amide bonds. The zero-order valence-electron chi connectivity index (χ0n) is 18.3. The minimum absolute atomic E-state index is 0.0254. The van der Waals surface area contributed by atoms with Gasteiger partial charge in [-0.15, -0.1) is 0 Å². The van der Waals surface area contributed by atoms with Crippen molar-refractivity contribution in [3.63, 3.8) is 0 Å².